The van der Waals surface area contributed by atoms with Crippen LogP contribution in [0.15, 0.2) is 42.5 Å². The fourth-order valence-corrected chi connectivity index (χ4v) is 5.04. The highest BCUT2D eigenvalue weighted by Crippen LogP contribution is 2.26. The van der Waals surface area contributed by atoms with Gasteiger partial charge in [-0.15, -0.1) is 0 Å². The molecule has 2 aromatic carbocycles. The van der Waals surface area contributed by atoms with Crippen molar-refractivity contribution >= 4 is 56.6 Å². The second-order valence-electron chi connectivity index (χ2n) is 5.04. The fourth-order valence-electron chi connectivity index (χ4n) is 2.00. The highest BCUT2D eigenvalue weighted by Gasteiger charge is 2.15. The van der Waals surface area contributed by atoms with E-state index >= 15 is 0 Å². The molecule has 2 aromatic rings. The molecule has 0 saturated heterocycles. The Morgan fingerprint density at radius 1 is 1.00 bits per heavy atom. The lowest BCUT2D eigenvalue weighted by atomic mass is 10.2. The number of thioether (sulfide) groups is 1. The predicted octanol–water partition coefficient (Wildman–Crippen LogP) is 5.00. The first-order chi connectivity index (χ1) is 11.4. The van der Waals surface area contributed by atoms with E-state index in [1.807, 2.05) is 24.3 Å². The van der Waals surface area contributed by atoms with Gasteiger partial charge >= 0.3 is 0 Å². The third-order valence-electron chi connectivity index (χ3n) is 3.12. The number of hydrogen-bond acceptors (Lipinski definition) is 3. The maximum atomic E-state index is 12.1. The van der Waals surface area contributed by atoms with Crippen LogP contribution in [0.5, 0.6) is 0 Å². The van der Waals surface area contributed by atoms with E-state index in [0.717, 1.165) is 11.3 Å². The molecule has 0 fully saturated rings. The van der Waals surface area contributed by atoms with Gasteiger partial charge in [0, 0.05) is 38.7 Å². The molecule has 0 amide bonds. The van der Waals surface area contributed by atoms with E-state index in [-0.39, 0.29) is 5.75 Å². The second-order valence-corrected chi connectivity index (χ2v) is 9.20. The Balaban J connectivity index is 1.79. The van der Waals surface area contributed by atoms with Crippen molar-refractivity contribution < 1.29 is 8.42 Å². The van der Waals surface area contributed by atoms with Crippen LogP contribution < -0.4 is 4.72 Å². The molecule has 24 heavy (non-hydrogen) atoms. The highest BCUT2D eigenvalue weighted by atomic mass is 35.5. The van der Waals surface area contributed by atoms with Crippen molar-refractivity contribution in [2.24, 2.45) is 0 Å². The van der Waals surface area contributed by atoms with Crippen LogP contribution >= 0.6 is 46.6 Å². The lowest BCUT2D eigenvalue weighted by Gasteiger charge is -2.09. The highest BCUT2D eigenvalue weighted by molar-refractivity contribution is 7.98. The molecular weight excluding hydrogens is 409 g/mol. The molecule has 1 N–H and O–H groups in total. The van der Waals surface area contributed by atoms with E-state index in [9.17, 15) is 8.42 Å². The van der Waals surface area contributed by atoms with Gasteiger partial charge in [0.2, 0.25) is 10.0 Å². The van der Waals surface area contributed by atoms with Gasteiger partial charge in [-0.3, -0.25) is 0 Å². The van der Waals surface area contributed by atoms with Crippen molar-refractivity contribution in [3.8, 4) is 0 Å². The van der Waals surface area contributed by atoms with Crippen LogP contribution in [0.3, 0.4) is 0 Å². The SMILES string of the molecule is O=S(=O)(Cc1c(Cl)cccc1Cl)NCCSCc1cccc(Cl)c1. The first-order valence-corrected chi connectivity index (χ1v) is 11.0. The lowest BCUT2D eigenvalue weighted by Crippen LogP contribution is -2.27. The average molecular weight is 425 g/mol. The summed E-state index contributed by atoms with van der Waals surface area (Å²) in [4.78, 5) is 0. The number of halogens is 3. The molecule has 0 aliphatic heterocycles. The monoisotopic (exact) mass is 423 g/mol. The third kappa shape index (κ3) is 6.47. The van der Waals surface area contributed by atoms with E-state index < -0.39 is 10.0 Å². The number of benzene rings is 2. The Bertz CT molecular complexity index is 777. The topological polar surface area (TPSA) is 46.2 Å². The molecule has 2 rings (SSSR count). The van der Waals surface area contributed by atoms with E-state index in [2.05, 4.69) is 4.72 Å². The van der Waals surface area contributed by atoms with Crippen LogP contribution in [0.4, 0.5) is 0 Å². The molecule has 0 radical (unpaired) electrons. The van der Waals surface area contributed by atoms with Gasteiger partial charge in [0.15, 0.2) is 0 Å². The van der Waals surface area contributed by atoms with Crippen LogP contribution in [0.2, 0.25) is 15.1 Å². The molecule has 8 heteroatoms. The number of rotatable bonds is 8. The zero-order valence-electron chi connectivity index (χ0n) is 12.6. The molecule has 0 atom stereocenters. The summed E-state index contributed by atoms with van der Waals surface area (Å²) in [5, 5.41) is 1.40. The normalized spacial score (nSPS) is 11.6. The lowest BCUT2D eigenvalue weighted by molar-refractivity contribution is 0.583. The van der Waals surface area contributed by atoms with E-state index in [1.54, 1.807) is 30.0 Å². The Morgan fingerprint density at radius 3 is 2.33 bits per heavy atom. The van der Waals surface area contributed by atoms with Crippen molar-refractivity contribution in [3.63, 3.8) is 0 Å². The molecule has 0 spiro atoms. The predicted molar refractivity (Wildman–Crippen MR) is 105 cm³/mol. The summed E-state index contributed by atoms with van der Waals surface area (Å²) in [6.45, 7) is 0.343. The second kappa shape index (κ2) is 9.32. The summed E-state index contributed by atoms with van der Waals surface area (Å²) >= 11 is 19.6. The van der Waals surface area contributed by atoms with Crippen molar-refractivity contribution in [1.82, 2.24) is 4.72 Å². The standard InChI is InChI=1S/C16H16Cl3NO2S2/c17-13-4-1-3-12(9-13)10-23-8-7-20-24(21,22)11-14-15(18)5-2-6-16(14)19/h1-6,9,20H,7-8,10-11H2. The van der Waals surface area contributed by atoms with Gasteiger partial charge in [-0.25, -0.2) is 13.1 Å². The van der Waals surface area contributed by atoms with Gasteiger partial charge < -0.3 is 0 Å². The van der Waals surface area contributed by atoms with Gasteiger partial charge in [-0.1, -0.05) is 53.0 Å². The Hall–Kier alpha value is -0.430. The number of sulfonamides is 1. The minimum atomic E-state index is -3.48. The third-order valence-corrected chi connectivity index (χ3v) is 6.41. The zero-order valence-corrected chi connectivity index (χ0v) is 16.5. The van der Waals surface area contributed by atoms with E-state index in [0.29, 0.717) is 32.9 Å². The molecule has 0 aliphatic rings. The number of nitrogens with one attached hydrogen (secondary N) is 1. The Morgan fingerprint density at radius 2 is 1.67 bits per heavy atom. The number of hydrogen-bond donors (Lipinski definition) is 1. The van der Waals surface area contributed by atoms with Crippen molar-refractivity contribution in [3.05, 3.63) is 68.7 Å². The molecule has 0 aromatic heterocycles. The molecule has 3 nitrogen and oxygen atoms in total. The summed E-state index contributed by atoms with van der Waals surface area (Å²) in [5.74, 6) is 1.20. The van der Waals surface area contributed by atoms with Crippen LogP contribution in [0.1, 0.15) is 11.1 Å². The van der Waals surface area contributed by atoms with E-state index in [4.69, 9.17) is 34.8 Å². The first kappa shape index (κ1) is 19.9. The smallest absolute Gasteiger partial charge is 0.214 e. The van der Waals surface area contributed by atoms with Gasteiger partial charge in [0.1, 0.15) is 0 Å². The minimum Gasteiger partial charge on any atom is -0.214 e. The summed E-state index contributed by atoms with van der Waals surface area (Å²) in [7, 11) is -3.48. The Kier molecular flexibility index (Phi) is 7.72. The van der Waals surface area contributed by atoms with Crippen LogP contribution in [0.25, 0.3) is 0 Å². The van der Waals surface area contributed by atoms with Crippen LogP contribution in [-0.4, -0.2) is 20.7 Å². The van der Waals surface area contributed by atoms with Gasteiger partial charge in [0.05, 0.1) is 5.75 Å². The molecule has 0 bridgehead atoms. The maximum Gasteiger partial charge on any atom is 0.215 e. The minimum absolute atomic E-state index is 0.232. The van der Waals surface area contributed by atoms with Crippen molar-refractivity contribution in [2.75, 3.05) is 12.3 Å². The van der Waals surface area contributed by atoms with Crippen molar-refractivity contribution in [2.45, 2.75) is 11.5 Å². The molecular formula is C16H16Cl3NO2S2. The van der Waals surface area contributed by atoms with E-state index in [1.165, 1.54) is 0 Å². The maximum absolute atomic E-state index is 12.1. The summed E-state index contributed by atoms with van der Waals surface area (Å²) in [6.07, 6.45) is 0. The molecule has 0 unspecified atom stereocenters. The average Bonchev–Trinajstić information content (AvgIpc) is 2.51. The van der Waals surface area contributed by atoms with Crippen molar-refractivity contribution in [1.29, 1.82) is 0 Å². The molecule has 0 heterocycles. The Labute approximate surface area is 161 Å². The largest absolute Gasteiger partial charge is 0.215 e. The summed E-state index contributed by atoms with van der Waals surface area (Å²) < 4.78 is 26.8. The summed E-state index contributed by atoms with van der Waals surface area (Å²) in [5.41, 5.74) is 1.53. The summed E-state index contributed by atoms with van der Waals surface area (Å²) in [6, 6.07) is 12.5. The quantitative estimate of drug-likeness (QED) is 0.607. The fraction of sp³-hybridized carbons (Fsp3) is 0.250. The van der Waals surface area contributed by atoms with Crippen LogP contribution in [0, 0.1) is 0 Å². The van der Waals surface area contributed by atoms with Gasteiger partial charge in [0.25, 0.3) is 0 Å². The van der Waals surface area contributed by atoms with Crippen LogP contribution in [-0.2, 0) is 21.5 Å². The molecule has 0 saturated carbocycles. The molecule has 0 aliphatic carbocycles. The first-order valence-electron chi connectivity index (χ1n) is 7.10. The zero-order chi connectivity index (χ0) is 17.6. The van der Waals surface area contributed by atoms with Gasteiger partial charge in [-0.2, -0.15) is 11.8 Å². The molecule has 130 valence electrons. The van der Waals surface area contributed by atoms with Gasteiger partial charge in [-0.05, 0) is 29.8 Å².